The Labute approximate surface area is 221 Å². The lowest BCUT2D eigenvalue weighted by Crippen LogP contribution is -2.26. The zero-order valence-electron chi connectivity index (χ0n) is 20.6. The zero-order valence-corrected chi connectivity index (χ0v) is 22.8. The molecule has 3 aromatic heterocycles. The third-order valence-electron chi connectivity index (χ3n) is 6.08. The van der Waals surface area contributed by atoms with Crippen molar-refractivity contribution in [3.05, 3.63) is 51.7 Å². The molecule has 0 saturated carbocycles. The number of rotatable bonds is 4. The van der Waals surface area contributed by atoms with E-state index in [0.717, 1.165) is 46.7 Å². The molecule has 0 amide bonds. The summed E-state index contributed by atoms with van der Waals surface area (Å²) in [5.41, 5.74) is 0.941. The molecule has 4 heterocycles. The van der Waals surface area contributed by atoms with E-state index in [9.17, 15) is 9.18 Å². The average Bonchev–Trinajstić information content (AvgIpc) is 3.39. The highest BCUT2D eigenvalue weighted by Crippen LogP contribution is 2.34. The molecule has 8 nitrogen and oxygen atoms in total. The Morgan fingerprint density at radius 3 is 2.78 bits per heavy atom. The number of fused-ring (bicyclic) bond motifs is 2. The standard InChI is InChI=1S/C26H28FIN4O4/c1-15(22-17-10-11-31(24(17)29-14-19(22)27)25(33)36-26(2,3)4)35-16-8-9-20-18(13-16)23(28)30-32(20)21-7-5-6-12-34-21/h8-11,13-15,21H,5-7,12H2,1-4H3. The summed E-state index contributed by atoms with van der Waals surface area (Å²) in [7, 11) is 0. The Morgan fingerprint density at radius 2 is 2.06 bits per heavy atom. The SMILES string of the molecule is CC(Oc1ccc2c(c1)c(I)nn2C1CCCCO1)c1c(F)cnc2c1ccn2C(=O)OC(C)(C)C. The molecule has 0 N–H and O–H groups in total. The van der Waals surface area contributed by atoms with Crippen molar-refractivity contribution < 1.29 is 23.4 Å². The van der Waals surface area contributed by atoms with Gasteiger partial charge in [-0.2, -0.15) is 5.10 Å². The summed E-state index contributed by atoms with van der Waals surface area (Å²) in [4.78, 5) is 16.8. The van der Waals surface area contributed by atoms with Gasteiger partial charge in [-0.25, -0.2) is 23.4 Å². The lowest BCUT2D eigenvalue weighted by molar-refractivity contribution is -0.0368. The van der Waals surface area contributed by atoms with E-state index in [-0.39, 0.29) is 6.23 Å². The number of ether oxygens (including phenoxy) is 3. The van der Waals surface area contributed by atoms with Gasteiger partial charge in [-0.1, -0.05) is 0 Å². The van der Waals surface area contributed by atoms with Crippen molar-refractivity contribution in [1.29, 1.82) is 0 Å². The lowest BCUT2D eigenvalue weighted by Gasteiger charge is -2.23. The molecular formula is C26H28FIN4O4. The van der Waals surface area contributed by atoms with Gasteiger partial charge in [-0.15, -0.1) is 0 Å². The van der Waals surface area contributed by atoms with Crippen LogP contribution in [-0.2, 0) is 9.47 Å². The van der Waals surface area contributed by atoms with Crippen LogP contribution in [0.4, 0.5) is 9.18 Å². The molecule has 36 heavy (non-hydrogen) atoms. The predicted molar refractivity (Wildman–Crippen MR) is 142 cm³/mol. The number of benzene rings is 1. The number of pyridine rings is 1. The quantitative estimate of drug-likeness (QED) is 0.239. The summed E-state index contributed by atoms with van der Waals surface area (Å²) >= 11 is 2.21. The van der Waals surface area contributed by atoms with E-state index < -0.39 is 23.6 Å². The number of hydrogen-bond acceptors (Lipinski definition) is 6. The molecular weight excluding hydrogens is 578 g/mol. The van der Waals surface area contributed by atoms with Gasteiger partial charge in [-0.3, -0.25) is 0 Å². The molecule has 2 atom stereocenters. The molecule has 0 radical (unpaired) electrons. The van der Waals surface area contributed by atoms with E-state index in [1.807, 2.05) is 22.9 Å². The first-order chi connectivity index (χ1) is 17.1. The minimum atomic E-state index is -0.667. The van der Waals surface area contributed by atoms with Gasteiger partial charge in [0.2, 0.25) is 0 Å². The Hall–Kier alpha value is -2.73. The largest absolute Gasteiger partial charge is 0.486 e. The van der Waals surface area contributed by atoms with Crippen LogP contribution in [0.2, 0.25) is 0 Å². The number of halogens is 2. The van der Waals surface area contributed by atoms with Gasteiger partial charge in [0.1, 0.15) is 32.6 Å². The van der Waals surface area contributed by atoms with Crippen LogP contribution in [-0.4, -0.2) is 37.6 Å². The fourth-order valence-corrected chi connectivity index (χ4v) is 5.17. The maximum absolute atomic E-state index is 15.0. The topological polar surface area (TPSA) is 80.4 Å². The van der Waals surface area contributed by atoms with Crippen LogP contribution >= 0.6 is 22.6 Å². The average molecular weight is 606 g/mol. The molecule has 2 unspecified atom stereocenters. The van der Waals surface area contributed by atoms with E-state index in [1.165, 1.54) is 10.8 Å². The normalized spacial score (nSPS) is 17.4. The van der Waals surface area contributed by atoms with Crippen LogP contribution in [0.5, 0.6) is 5.75 Å². The van der Waals surface area contributed by atoms with Crippen molar-refractivity contribution in [1.82, 2.24) is 19.3 Å². The molecule has 0 aliphatic carbocycles. The van der Waals surface area contributed by atoms with Gasteiger partial charge in [0.25, 0.3) is 0 Å². The van der Waals surface area contributed by atoms with Gasteiger partial charge in [0, 0.05) is 29.1 Å². The minimum absolute atomic E-state index is 0.0660. The predicted octanol–water partition coefficient (Wildman–Crippen LogP) is 6.75. The number of hydrogen-bond donors (Lipinski definition) is 0. The van der Waals surface area contributed by atoms with Crippen molar-refractivity contribution in [3.8, 4) is 5.75 Å². The molecule has 10 heteroatoms. The molecule has 1 aliphatic rings. The molecule has 1 saturated heterocycles. The number of aromatic nitrogens is 4. The van der Waals surface area contributed by atoms with Gasteiger partial charge >= 0.3 is 6.09 Å². The first kappa shape index (κ1) is 24.9. The monoisotopic (exact) mass is 606 g/mol. The maximum Gasteiger partial charge on any atom is 0.420 e. The van der Waals surface area contributed by atoms with Gasteiger partial charge < -0.3 is 14.2 Å². The first-order valence-electron chi connectivity index (χ1n) is 12.0. The summed E-state index contributed by atoms with van der Waals surface area (Å²) in [6.45, 7) is 7.87. The Kier molecular flexibility index (Phi) is 6.67. The summed E-state index contributed by atoms with van der Waals surface area (Å²) in [5, 5.41) is 6.14. The third-order valence-corrected chi connectivity index (χ3v) is 6.87. The van der Waals surface area contributed by atoms with Crippen molar-refractivity contribution in [2.24, 2.45) is 0 Å². The van der Waals surface area contributed by atoms with Gasteiger partial charge in [-0.05, 0) is 93.8 Å². The molecule has 1 aliphatic heterocycles. The minimum Gasteiger partial charge on any atom is -0.486 e. The Balaban J connectivity index is 1.44. The highest BCUT2D eigenvalue weighted by molar-refractivity contribution is 14.1. The Bertz CT molecular complexity index is 1440. The third kappa shape index (κ3) is 4.80. The number of carbonyl (C=O) groups is 1. The summed E-state index contributed by atoms with van der Waals surface area (Å²) in [6, 6.07) is 7.40. The van der Waals surface area contributed by atoms with Crippen LogP contribution in [0, 0.1) is 9.52 Å². The van der Waals surface area contributed by atoms with Gasteiger partial charge in [0.05, 0.1) is 11.7 Å². The second-order valence-corrected chi connectivity index (χ2v) is 10.9. The van der Waals surface area contributed by atoms with E-state index in [2.05, 4.69) is 27.6 Å². The van der Waals surface area contributed by atoms with Crippen molar-refractivity contribution in [2.75, 3.05) is 6.61 Å². The van der Waals surface area contributed by atoms with E-state index >= 15 is 0 Å². The molecule has 5 rings (SSSR count). The highest BCUT2D eigenvalue weighted by Gasteiger charge is 2.25. The van der Waals surface area contributed by atoms with E-state index in [1.54, 1.807) is 33.8 Å². The van der Waals surface area contributed by atoms with E-state index in [0.29, 0.717) is 22.3 Å². The fraction of sp³-hybridized carbons (Fsp3) is 0.423. The first-order valence-corrected chi connectivity index (χ1v) is 13.0. The lowest BCUT2D eigenvalue weighted by atomic mass is 10.1. The zero-order chi connectivity index (χ0) is 25.6. The Morgan fingerprint density at radius 1 is 1.25 bits per heavy atom. The number of carbonyl (C=O) groups excluding carboxylic acids is 1. The van der Waals surface area contributed by atoms with E-state index in [4.69, 9.17) is 19.3 Å². The van der Waals surface area contributed by atoms with Crippen LogP contribution in [0.15, 0.2) is 36.7 Å². The van der Waals surface area contributed by atoms with Crippen LogP contribution in [0.3, 0.4) is 0 Å². The van der Waals surface area contributed by atoms with Crippen LogP contribution in [0.1, 0.15) is 64.9 Å². The molecule has 4 aromatic rings. The van der Waals surface area contributed by atoms with Crippen LogP contribution in [0.25, 0.3) is 21.9 Å². The molecule has 1 aromatic carbocycles. The number of nitrogens with zero attached hydrogens (tertiary/aromatic N) is 4. The molecule has 190 valence electrons. The van der Waals surface area contributed by atoms with Crippen molar-refractivity contribution in [3.63, 3.8) is 0 Å². The molecule has 1 fully saturated rings. The smallest absolute Gasteiger partial charge is 0.420 e. The van der Waals surface area contributed by atoms with Crippen molar-refractivity contribution >= 4 is 50.6 Å². The highest BCUT2D eigenvalue weighted by atomic mass is 127. The second-order valence-electron chi connectivity index (χ2n) is 9.92. The second kappa shape index (κ2) is 9.62. The molecule has 0 spiro atoms. The molecule has 0 bridgehead atoms. The summed E-state index contributed by atoms with van der Waals surface area (Å²) in [5.74, 6) is 0.0860. The maximum atomic E-state index is 15.0. The summed E-state index contributed by atoms with van der Waals surface area (Å²) in [6.07, 6.45) is 4.49. The van der Waals surface area contributed by atoms with Crippen LogP contribution < -0.4 is 4.74 Å². The fourth-order valence-electron chi connectivity index (χ4n) is 4.51. The van der Waals surface area contributed by atoms with Crippen molar-refractivity contribution in [2.45, 2.75) is 64.9 Å². The summed E-state index contributed by atoms with van der Waals surface area (Å²) < 4.78 is 36.6. The van der Waals surface area contributed by atoms with Gasteiger partial charge in [0.15, 0.2) is 6.23 Å².